The molecule has 0 aliphatic heterocycles. The molecular formula is C19H26N2O4S. The summed E-state index contributed by atoms with van der Waals surface area (Å²) in [5.74, 6) is -0.125. The highest BCUT2D eigenvalue weighted by Gasteiger charge is 2.29. The smallest absolute Gasteiger partial charge is 0.241 e. The summed E-state index contributed by atoms with van der Waals surface area (Å²) in [6.45, 7) is 5.87. The molecule has 0 aromatic heterocycles. The van der Waals surface area contributed by atoms with Crippen molar-refractivity contribution in [2.75, 3.05) is 6.54 Å². The minimum atomic E-state index is -3.95. The summed E-state index contributed by atoms with van der Waals surface area (Å²) in [7, 11) is -3.95. The highest BCUT2D eigenvalue weighted by Crippen LogP contribution is 2.19. The maximum Gasteiger partial charge on any atom is 0.241 e. The molecule has 6 nitrogen and oxygen atoms in total. The van der Waals surface area contributed by atoms with Gasteiger partial charge in [0.15, 0.2) is 0 Å². The number of hydrogen-bond donors (Lipinski definition) is 3. The van der Waals surface area contributed by atoms with E-state index in [-0.39, 0.29) is 4.90 Å². The molecule has 0 aliphatic carbocycles. The highest BCUT2D eigenvalue weighted by molar-refractivity contribution is 7.89. The SMILES string of the molecule is CC(C)CCNC(=O)[C@@H](NS(=O)(=O)c1ccc2ccccc2c1)[C@@H](C)O. The second-order valence-corrected chi connectivity index (χ2v) is 8.54. The fourth-order valence-corrected chi connectivity index (χ4v) is 3.84. The second kappa shape index (κ2) is 8.62. The number of carbonyl (C=O) groups is 1. The number of sulfonamides is 1. The third-order valence-electron chi connectivity index (χ3n) is 4.10. The average Bonchev–Trinajstić information content (AvgIpc) is 2.58. The zero-order chi connectivity index (χ0) is 19.3. The van der Waals surface area contributed by atoms with Crippen LogP contribution in [0.2, 0.25) is 0 Å². The van der Waals surface area contributed by atoms with Crippen LogP contribution < -0.4 is 10.0 Å². The lowest BCUT2D eigenvalue weighted by molar-refractivity contribution is -0.124. The van der Waals surface area contributed by atoms with E-state index in [1.54, 1.807) is 12.1 Å². The van der Waals surface area contributed by atoms with Crippen LogP contribution in [0.25, 0.3) is 10.8 Å². The molecule has 1 amide bonds. The zero-order valence-corrected chi connectivity index (χ0v) is 16.1. The third kappa shape index (κ3) is 5.27. The molecule has 0 spiro atoms. The molecule has 0 saturated carbocycles. The van der Waals surface area contributed by atoms with Crippen molar-refractivity contribution in [3.63, 3.8) is 0 Å². The molecule has 0 bridgehead atoms. The number of nitrogens with one attached hydrogen (secondary N) is 2. The lowest BCUT2D eigenvalue weighted by atomic mass is 10.1. The zero-order valence-electron chi connectivity index (χ0n) is 15.3. The number of amides is 1. The van der Waals surface area contributed by atoms with E-state index in [4.69, 9.17) is 0 Å². The maximum absolute atomic E-state index is 12.7. The maximum atomic E-state index is 12.7. The summed E-state index contributed by atoms with van der Waals surface area (Å²) in [6, 6.07) is 10.9. The van der Waals surface area contributed by atoms with Crippen LogP contribution in [-0.2, 0) is 14.8 Å². The van der Waals surface area contributed by atoms with Gasteiger partial charge < -0.3 is 10.4 Å². The molecular weight excluding hydrogens is 352 g/mol. The molecule has 26 heavy (non-hydrogen) atoms. The van der Waals surface area contributed by atoms with Gasteiger partial charge in [0.25, 0.3) is 0 Å². The number of carbonyl (C=O) groups excluding carboxylic acids is 1. The molecule has 0 heterocycles. The predicted molar refractivity (Wildman–Crippen MR) is 102 cm³/mol. The van der Waals surface area contributed by atoms with Crippen molar-refractivity contribution in [2.24, 2.45) is 5.92 Å². The lowest BCUT2D eigenvalue weighted by Crippen LogP contribution is -2.52. The Morgan fingerprint density at radius 1 is 1.08 bits per heavy atom. The Bertz CT molecular complexity index is 863. The van der Waals surface area contributed by atoms with Crippen molar-refractivity contribution < 1.29 is 18.3 Å². The fraction of sp³-hybridized carbons (Fsp3) is 0.421. The number of hydrogen-bond acceptors (Lipinski definition) is 4. The molecule has 0 unspecified atom stereocenters. The van der Waals surface area contributed by atoms with Gasteiger partial charge in [-0.05, 0) is 42.2 Å². The molecule has 0 radical (unpaired) electrons. The summed E-state index contributed by atoms with van der Waals surface area (Å²) < 4.78 is 27.7. The van der Waals surface area contributed by atoms with Crippen LogP contribution in [0.3, 0.4) is 0 Å². The van der Waals surface area contributed by atoms with Crippen LogP contribution in [0.1, 0.15) is 27.2 Å². The van der Waals surface area contributed by atoms with E-state index >= 15 is 0 Å². The Labute approximate surface area is 154 Å². The monoisotopic (exact) mass is 378 g/mol. The van der Waals surface area contributed by atoms with Gasteiger partial charge in [-0.1, -0.05) is 44.2 Å². The first-order chi connectivity index (χ1) is 12.2. The highest BCUT2D eigenvalue weighted by atomic mass is 32.2. The lowest BCUT2D eigenvalue weighted by Gasteiger charge is -2.21. The van der Waals surface area contributed by atoms with Gasteiger partial charge in [-0.3, -0.25) is 4.79 Å². The molecule has 3 N–H and O–H groups in total. The second-order valence-electron chi connectivity index (χ2n) is 6.82. The van der Waals surface area contributed by atoms with Gasteiger partial charge >= 0.3 is 0 Å². The van der Waals surface area contributed by atoms with Crippen LogP contribution >= 0.6 is 0 Å². The van der Waals surface area contributed by atoms with E-state index in [0.717, 1.165) is 17.2 Å². The predicted octanol–water partition coefficient (Wildman–Crippen LogP) is 2.03. The number of aliphatic hydroxyl groups is 1. The summed E-state index contributed by atoms with van der Waals surface area (Å²) in [6.07, 6.45) is -0.389. The molecule has 0 aliphatic rings. The number of benzene rings is 2. The van der Waals surface area contributed by atoms with Crippen molar-refractivity contribution in [1.29, 1.82) is 0 Å². The first-order valence-corrected chi connectivity index (χ1v) is 10.2. The molecule has 142 valence electrons. The minimum Gasteiger partial charge on any atom is -0.391 e. The molecule has 0 fully saturated rings. The first kappa shape index (κ1) is 20.4. The molecule has 2 rings (SSSR count). The van der Waals surface area contributed by atoms with Crippen molar-refractivity contribution in [3.05, 3.63) is 42.5 Å². The molecule has 7 heteroatoms. The Morgan fingerprint density at radius 3 is 2.35 bits per heavy atom. The summed E-state index contributed by atoms with van der Waals surface area (Å²) >= 11 is 0. The average molecular weight is 378 g/mol. The Kier molecular flexibility index (Phi) is 6.75. The van der Waals surface area contributed by atoms with Gasteiger partial charge in [-0.25, -0.2) is 8.42 Å². The van der Waals surface area contributed by atoms with Crippen molar-refractivity contribution in [1.82, 2.24) is 10.0 Å². The van der Waals surface area contributed by atoms with Crippen LogP contribution in [-0.4, -0.2) is 38.1 Å². The quantitative estimate of drug-likeness (QED) is 0.655. The summed E-state index contributed by atoms with van der Waals surface area (Å²) in [5.41, 5.74) is 0. The van der Waals surface area contributed by atoms with Crippen LogP contribution in [0.5, 0.6) is 0 Å². The van der Waals surface area contributed by atoms with E-state index in [9.17, 15) is 18.3 Å². The first-order valence-electron chi connectivity index (χ1n) is 8.67. The largest absolute Gasteiger partial charge is 0.391 e. The topological polar surface area (TPSA) is 95.5 Å². The van der Waals surface area contributed by atoms with E-state index < -0.39 is 28.1 Å². The van der Waals surface area contributed by atoms with Crippen molar-refractivity contribution in [2.45, 2.75) is 44.2 Å². The van der Waals surface area contributed by atoms with Gasteiger partial charge in [0.1, 0.15) is 6.04 Å². The number of aliphatic hydroxyl groups excluding tert-OH is 1. The van der Waals surface area contributed by atoms with Gasteiger partial charge in [0, 0.05) is 6.54 Å². The number of rotatable bonds is 8. The van der Waals surface area contributed by atoms with Gasteiger partial charge in [-0.15, -0.1) is 0 Å². The molecule has 2 aromatic rings. The standard InChI is InChI=1S/C19H26N2O4S/c1-13(2)10-11-20-19(23)18(14(3)22)21-26(24,25)17-9-8-15-6-4-5-7-16(15)12-17/h4-9,12-14,18,21-22H,10-11H2,1-3H3,(H,20,23)/t14-,18+/m1/s1. The Hall–Kier alpha value is -1.96. The minimum absolute atomic E-state index is 0.0526. The van der Waals surface area contributed by atoms with Crippen LogP contribution in [0.15, 0.2) is 47.4 Å². The molecule has 2 atom stereocenters. The summed E-state index contributed by atoms with van der Waals surface area (Å²) in [5, 5.41) is 14.3. The van der Waals surface area contributed by atoms with Gasteiger partial charge in [0.2, 0.25) is 15.9 Å². The normalized spacial score (nSPS) is 14.3. The van der Waals surface area contributed by atoms with Crippen LogP contribution in [0, 0.1) is 5.92 Å². The molecule has 2 aromatic carbocycles. The Balaban J connectivity index is 2.18. The van der Waals surface area contributed by atoms with Gasteiger partial charge in [0.05, 0.1) is 11.0 Å². The third-order valence-corrected chi connectivity index (χ3v) is 5.54. The molecule has 0 saturated heterocycles. The van der Waals surface area contributed by atoms with E-state index in [2.05, 4.69) is 10.0 Å². The van der Waals surface area contributed by atoms with E-state index in [0.29, 0.717) is 12.5 Å². The Morgan fingerprint density at radius 2 is 1.73 bits per heavy atom. The van der Waals surface area contributed by atoms with Crippen molar-refractivity contribution >= 4 is 26.7 Å². The van der Waals surface area contributed by atoms with Crippen LogP contribution in [0.4, 0.5) is 0 Å². The van der Waals surface area contributed by atoms with Crippen molar-refractivity contribution in [3.8, 4) is 0 Å². The number of fused-ring (bicyclic) bond motifs is 1. The summed E-state index contributed by atoms with van der Waals surface area (Å²) in [4.78, 5) is 12.3. The van der Waals surface area contributed by atoms with Gasteiger partial charge in [-0.2, -0.15) is 4.72 Å². The van der Waals surface area contributed by atoms with E-state index in [1.807, 2.05) is 38.1 Å². The fourth-order valence-electron chi connectivity index (χ4n) is 2.53. The van der Waals surface area contributed by atoms with E-state index in [1.165, 1.54) is 13.0 Å².